The highest BCUT2D eigenvalue weighted by atomic mass is 16.3. The van der Waals surface area contributed by atoms with Crippen LogP contribution in [-0.2, 0) is 6.54 Å². The van der Waals surface area contributed by atoms with Gasteiger partial charge in [0.15, 0.2) is 11.5 Å². The molecule has 2 heterocycles. The summed E-state index contributed by atoms with van der Waals surface area (Å²) in [4.78, 5) is 12.5. The summed E-state index contributed by atoms with van der Waals surface area (Å²) in [7, 11) is 0. The first kappa shape index (κ1) is 12.7. The number of imidazole rings is 1. The normalized spacial score (nSPS) is 14.7. The van der Waals surface area contributed by atoms with Crippen molar-refractivity contribution in [2.45, 2.75) is 32.6 Å². The van der Waals surface area contributed by atoms with Crippen LogP contribution in [0.3, 0.4) is 0 Å². The van der Waals surface area contributed by atoms with E-state index >= 15 is 0 Å². The minimum absolute atomic E-state index is 0.398. The average molecular weight is 251 g/mol. The largest absolute Gasteiger partial charge is 0.392 e. The molecular weight excluding hydrogens is 234 g/mol. The summed E-state index contributed by atoms with van der Waals surface area (Å²) in [5.41, 5.74) is 1.30. The summed E-state index contributed by atoms with van der Waals surface area (Å²) in [6, 6.07) is 0. The number of anilines is 1. The highest BCUT2D eigenvalue weighted by molar-refractivity contribution is 5.82. The SMILES string of the molecule is CC(O)CNc1ncnc2c1ncn2CC(C)O. The Morgan fingerprint density at radius 3 is 2.67 bits per heavy atom. The van der Waals surface area contributed by atoms with E-state index in [1.54, 1.807) is 24.7 Å². The maximum atomic E-state index is 9.39. The third-order valence-corrected chi connectivity index (χ3v) is 2.43. The van der Waals surface area contributed by atoms with Crippen molar-refractivity contribution in [3.63, 3.8) is 0 Å². The molecule has 0 spiro atoms. The van der Waals surface area contributed by atoms with E-state index in [9.17, 15) is 10.2 Å². The number of rotatable bonds is 5. The van der Waals surface area contributed by atoms with Gasteiger partial charge < -0.3 is 20.1 Å². The second-order valence-electron chi connectivity index (χ2n) is 4.37. The van der Waals surface area contributed by atoms with E-state index in [0.29, 0.717) is 30.1 Å². The number of aliphatic hydroxyl groups excluding tert-OH is 2. The van der Waals surface area contributed by atoms with Crippen LogP contribution < -0.4 is 5.32 Å². The maximum absolute atomic E-state index is 9.39. The van der Waals surface area contributed by atoms with E-state index in [4.69, 9.17) is 0 Å². The lowest BCUT2D eigenvalue weighted by Gasteiger charge is -2.08. The predicted octanol–water partition coefficient (Wildman–Crippen LogP) is -0.000200. The van der Waals surface area contributed by atoms with Gasteiger partial charge in [0, 0.05) is 6.54 Å². The summed E-state index contributed by atoms with van der Waals surface area (Å²) in [6.07, 6.45) is 2.13. The van der Waals surface area contributed by atoms with Gasteiger partial charge in [-0.05, 0) is 13.8 Å². The van der Waals surface area contributed by atoms with Crippen molar-refractivity contribution >= 4 is 17.0 Å². The quantitative estimate of drug-likeness (QED) is 0.692. The van der Waals surface area contributed by atoms with Crippen molar-refractivity contribution in [3.05, 3.63) is 12.7 Å². The smallest absolute Gasteiger partial charge is 0.165 e. The van der Waals surface area contributed by atoms with E-state index in [-0.39, 0.29) is 0 Å². The molecule has 2 aromatic rings. The number of hydrogen-bond donors (Lipinski definition) is 3. The van der Waals surface area contributed by atoms with Crippen LogP contribution in [0, 0.1) is 0 Å². The van der Waals surface area contributed by atoms with Crippen molar-refractivity contribution < 1.29 is 10.2 Å². The summed E-state index contributed by atoms with van der Waals surface area (Å²) in [5.74, 6) is 0.588. The Labute approximate surface area is 105 Å². The highest BCUT2D eigenvalue weighted by Gasteiger charge is 2.11. The van der Waals surface area contributed by atoms with Crippen LogP contribution in [0.1, 0.15) is 13.8 Å². The van der Waals surface area contributed by atoms with Crippen LogP contribution >= 0.6 is 0 Å². The molecular formula is C11H17N5O2. The topological polar surface area (TPSA) is 96.1 Å². The number of aliphatic hydroxyl groups is 2. The minimum atomic E-state index is -0.466. The number of nitrogens with one attached hydrogen (secondary N) is 1. The van der Waals surface area contributed by atoms with Gasteiger partial charge in [-0.15, -0.1) is 0 Å². The van der Waals surface area contributed by atoms with Crippen molar-refractivity contribution in [2.24, 2.45) is 0 Å². The monoisotopic (exact) mass is 251 g/mol. The molecule has 2 aromatic heterocycles. The van der Waals surface area contributed by atoms with Crippen LogP contribution in [0.5, 0.6) is 0 Å². The number of hydrogen-bond acceptors (Lipinski definition) is 6. The van der Waals surface area contributed by atoms with Crippen LogP contribution in [0.25, 0.3) is 11.2 Å². The Morgan fingerprint density at radius 1 is 1.22 bits per heavy atom. The molecule has 0 aliphatic heterocycles. The fourth-order valence-corrected chi connectivity index (χ4v) is 1.67. The van der Waals surface area contributed by atoms with E-state index in [0.717, 1.165) is 0 Å². The summed E-state index contributed by atoms with van der Waals surface area (Å²) >= 11 is 0. The third kappa shape index (κ3) is 2.74. The fourth-order valence-electron chi connectivity index (χ4n) is 1.67. The highest BCUT2D eigenvalue weighted by Crippen LogP contribution is 2.17. The predicted molar refractivity (Wildman–Crippen MR) is 67.2 cm³/mol. The van der Waals surface area contributed by atoms with Crippen LogP contribution in [-0.4, -0.2) is 48.5 Å². The molecule has 0 saturated heterocycles. The summed E-state index contributed by atoms with van der Waals surface area (Å²) in [5, 5.41) is 21.6. The Morgan fingerprint density at radius 2 is 2.00 bits per heavy atom. The Balaban J connectivity index is 2.30. The molecule has 98 valence electrons. The number of fused-ring (bicyclic) bond motifs is 1. The van der Waals surface area contributed by atoms with Crippen LogP contribution in [0.2, 0.25) is 0 Å². The van der Waals surface area contributed by atoms with Crippen molar-refractivity contribution in [1.82, 2.24) is 19.5 Å². The molecule has 7 heteroatoms. The lowest BCUT2D eigenvalue weighted by atomic mass is 10.4. The third-order valence-electron chi connectivity index (χ3n) is 2.43. The number of nitrogens with zero attached hydrogens (tertiary/aromatic N) is 4. The van der Waals surface area contributed by atoms with Gasteiger partial charge >= 0.3 is 0 Å². The molecule has 0 amide bonds. The second kappa shape index (κ2) is 5.28. The average Bonchev–Trinajstić information content (AvgIpc) is 2.69. The van der Waals surface area contributed by atoms with E-state index in [2.05, 4.69) is 20.3 Å². The van der Waals surface area contributed by atoms with E-state index in [1.165, 1.54) is 6.33 Å². The lowest BCUT2D eigenvalue weighted by Crippen LogP contribution is -2.16. The Hall–Kier alpha value is -1.73. The van der Waals surface area contributed by atoms with E-state index in [1.807, 2.05) is 0 Å². The molecule has 0 aromatic carbocycles. The fraction of sp³-hybridized carbons (Fsp3) is 0.545. The van der Waals surface area contributed by atoms with Gasteiger partial charge in [-0.2, -0.15) is 0 Å². The molecule has 0 saturated carbocycles. The molecule has 2 unspecified atom stereocenters. The molecule has 2 rings (SSSR count). The first-order valence-corrected chi connectivity index (χ1v) is 5.83. The van der Waals surface area contributed by atoms with E-state index < -0.39 is 12.2 Å². The zero-order valence-electron chi connectivity index (χ0n) is 10.4. The first-order valence-electron chi connectivity index (χ1n) is 5.83. The van der Waals surface area contributed by atoms with Crippen LogP contribution in [0.4, 0.5) is 5.82 Å². The van der Waals surface area contributed by atoms with Crippen molar-refractivity contribution in [3.8, 4) is 0 Å². The maximum Gasteiger partial charge on any atom is 0.165 e. The molecule has 2 atom stereocenters. The van der Waals surface area contributed by atoms with Gasteiger partial charge in [-0.1, -0.05) is 0 Å². The zero-order chi connectivity index (χ0) is 13.1. The summed E-state index contributed by atoms with van der Waals surface area (Å²) in [6.45, 7) is 4.23. The lowest BCUT2D eigenvalue weighted by molar-refractivity contribution is 0.175. The van der Waals surface area contributed by atoms with Crippen molar-refractivity contribution in [1.29, 1.82) is 0 Å². The van der Waals surface area contributed by atoms with Gasteiger partial charge in [-0.25, -0.2) is 15.0 Å². The first-order chi connectivity index (χ1) is 8.58. The molecule has 0 aliphatic carbocycles. The second-order valence-corrected chi connectivity index (χ2v) is 4.37. The van der Waals surface area contributed by atoms with Crippen LogP contribution in [0.15, 0.2) is 12.7 Å². The zero-order valence-corrected chi connectivity index (χ0v) is 10.4. The van der Waals surface area contributed by atoms with Gasteiger partial charge in [0.2, 0.25) is 0 Å². The molecule has 0 radical (unpaired) electrons. The number of aromatic nitrogens is 4. The molecule has 0 bridgehead atoms. The molecule has 0 fully saturated rings. The van der Waals surface area contributed by atoms with Gasteiger partial charge in [0.05, 0.1) is 25.1 Å². The molecule has 3 N–H and O–H groups in total. The van der Waals surface area contributed by atoms with Crippen molar-refractivity contribution in [2.75, 3.05) is 11.9 Å². The minimum Gasteiger partial charge on any atom is -0.392 e. The summed E-state index contributed by atoms with van der Waals surface area (Å²) < 4.78 is 1.77. The van der Waals surface area contributed by atoms with Gasteiger partial charge in [-0.3, -0.25) is 0 Å². The Bertz CT molecular complexity index is 523. The molecule has 0 aliphatic rings. The van der Waals surface area contributed by atoms with Gasteiger partial charge in [0.1, 0.15) is 11.8 Å². The van der Waals surface area contributed by atoms with Gasteiger partial charge in [0.25, 0.3) is 0 Å². The molecule has 18 heavy (non-hydrogen) atoms. The Kier molecular flexibility index (Phi) is 3.73. The molecule has 7 nitrogen and oxygen atoms in total. The standard InChI is InChI=1S/C11H17N5O2/c1-7(17)3-12-10-9-11(14-5-13-10)16(6-15-9)4-8(2)18/h5-8,17-18H,3-4H2,1-2H3,(H,12,13,14).